The van der Waals surface area contributed by atoms with E-state index in [0.717, 1.165) is 6.07 Å². The average molecular weight is 255 g/mol. The van der Waals surface area contributed by atoms with E-state index in [1.54, 1.807) is 0 Å². The maximum absolute atomic E-state index is 12.8. The lowest BCUT2D eigenvalue weighted by Crippen LogP contribution is -2.17. The second-order valence-electron chi connectivity index (χ2n) is 3.48. The molecule has 0 saturated heterocycles. The van der Waals surface area contributed by atoms with Gasteiger partial charge >= 0.3 is 6.36 Å². The molecule has 0 unspecified atom stereocenters. The number of ether oxygens (including phenoxy) is 1. The Morgan fingerprint density at radius 2 is 1.67 bits per heavy atom. The molecule has 93 valence electrons. The number of benzene rings is 2. The van der Waals surface area contributed by atoms with Crippen molar-refractivity contribution < 1.29 is 22.3 Å². The standard InChI is InChI=1S/C13H7F4O/c14-10-7-5-9(6-8-10)11-3-1-2-4-12(11)18-13(15,16)17/h1,3-8H. The van der Waals surface area contributed by atoms with Crippen LogP contribution in [0.4, 0.5) is 17.6 Å². The topological polar surface area (TPSA) is 9.23 Å². The van der Waals surface area contributed by atoms with Crippen molar-refractivity contribution >= 4 is 0 Å². The Bertz CT molecular complexity index is 531. The molecular formula is C13H7F4O. The minimum absolute atomic E-state index is 0.228. The van der Waals surface area contributed by atoms with Crippen molar-refractivity contribution in [2.24, 2.45) is 0 Å². The third-order valence-electron chi connectivity index (χ3n) is 2.21. The van der Waals surface area contributed by atoms with E-state index in [-0.39, 0.29) is 11.3 Å². The first-order valence-electron chi connectivity index (χ1n) is 4.97. The average Bonchev–Trinajstić information content (AvgIpc) is 2.29. The highest BCUT2D eigenvalue weighted by Crippen LogP contribution is 2.33. The van der Waals surface area contributed by atoms with Gasteiger partial charge in [0.15, 0.2) is 0 Å². The summed E-state index contributed by atoms with van der Waals surface area (Å²) < 4.78 is 53.3. The van der Waals surface area contributed by atoms with Gasteiger partial charge in [-0.2, -0.15) is 0 Å². The van der Waals surface area contributed by atoms with Crippen LogP contribution in [0.3, 0.4) is 0 Å². The van der Waals surface area contributed by atoms with Gasteiger partial charge in [0.25, 0.3) is 0 Å². The third-order valence-corrected chi connectivity index (χ3v) is 2.21. The number of alkyl halides is 3. The van der Waals surface area contributed by atoms with Crippen LogP contribution in [0, 0.1) is 11.9 Å². The van der Waals surface area contributed by atoms with Crippen molar-refractivity contribution in [3.8, 4) is 16.9 Å². The summed E-state index contributed by atoms with van der Waals surface area (Å²) >= 11 is 0. The van der Waals surface area contributed by atoms with Crippen LogP contribution in [0.1, 0.15) is 0 Å². The van der Waals surface area contributed by atoms with Crippen LogP contribution in [0.5, 0.6) is 5.75 Å². The van der Waals surface area contributed by atoms with E-state index >= 15 is 0 Å². The third kappa shape index (κ3) is 3.00. The summed E-state index contributed by atoms with van der Waals surface area (Å²) in [4.78, 5) is 0. The Balaban J connectivity index is 2.41. The van der Waals surface area contributed by atoms with Crippen LogP contribution < -0.4 is 4.74 Å². The first-order valence-corrected chi connectivity index (χ1v) is 4.97. The Labute approximate surface area is 101 Å². The lowest BCUT2D eigenvalue weighted by atomic mass is 10.0. The molecule has 0 bridgehead atoms. The van der Waals surface area contributed by atoms with E-state index in [9.17, 15) is 17.6 Å². The summed E-state index contributed by atoms with van der Waals surface area (Å²) in [7, 11) is 0. The highest BCUT2D eigenvalue weighted by Gasteiger charge is 2.32. The molecule has 1 radical (unpaired) electrons. The number of rotatable bonds is 2. The SMILES string of the molecule is Fc1ccc(-c2cc[c]cc2OC(F)(F)F)cc1. The van der Waals surface area contributed by atoms with Crippen molar-refractivity contribution in [2.45, 2.75) is 6.36 Å². The predicted molar refractivity (Wildman–Crippen MR) is 57.4 cm³/mol. The van der Waals surface area contributed by atoms with Gasteiger partial charge in [0.1, 0.15) is 11.6 Å². The summed E-state index contributed by atoms with van der Waals surface area (Å²) in [5, 5.41) is 0. The number of halogens is 4. The molecule has 0 aliphatic rings. The van der Waals surface area contributed by atoms with Crippen LogP contribution in [-0.2, 0) is 0 Å². The fourth-order valence-electron chi connectivity index (χ4n) is 1.49. The highest BCUT2D eigenvalue weighted by atomic mass is 19.4. The molecule has 2 aromatic rings. The molecule has 1 nitrogen and oxygen atoms in total. The van der Waals surface area contributed by atoms with E-state index in [2.05, 4.69) is 10.8 Å². The van der Waals surface area contributed by atoms with Gasteiger partial charge in [0.05, 0.1) is 0 Å². The van der Waals surface area contributed by atoms with Crippen molar-refractivity contribution in [2.75, 3.05) is 0 Å². The lowest BCUT2D eigenvalue weighted by Gasteiger charge is -2.13. The van der Waals surface area contributed by atoms with Crippen LogP contribution in [0.2, 0.25) is 0 Å². The summed E-state index contributed by atoms with van der Waals surface area (Å²) in [5.74, 6) is -0.823. The van der Waals surface area contributed by atoms with Crippen molar-refractivity contribution in [1.82, 2.24) is 0 Å². The number of hydrogen-bond acceptors (Lipinski definition) is 1. The normalized spacial score (nSPS) is 11.3. The molecule has 0 spiro atoms. The van der Waals surface area contributed by atoms with Crippen molar-refractivity contribution in [3.05, 3.63) is 54.3 Å². The quantitative estimate of drug-likeness (QED) is 0.731. The predicted octanol–water partition coefficient (Wildman–Crippen LogP) is 4.19. The highest BCUT2D eigenvalue weighted by molar-refractivity contribution is 5.70. The zero-order chi connectivity index (χ0) is 13.2. The van der Waals surface area contributed by atoms with Crippen LogP contribution in [-0.4, -0.2) is 6.36 Å². The van der Waals surface area contributed by atoms with Gasteiger partial charge in [0, 0.05) is 5.56 Å². The fourth-order valence-corrected chi connectivity index (χ4v) is 1.49. The molecule has 2 aromatic carbocycles. The van der Waals surface area contributed by atoms with E-state index in [1.165, 1.54) is 36.4 Å². The maximum atomic E-state index is 12.8. The molecule has 5 heteroatoms. The summed E-state index contributed by atoms with van der Waals surface area (Å²) in [5.41, 5.74) is 0.663. The van der Waals surface area contributed by atoms with Crippen LogP contribution in [0.25, 0.3) is 11.1 Å². The van der Waals surface area contributed by atoms with E-state index < -0.39 is 12.2 Å². The second kappa shape index (κ2) is 4.68. The second-order valence-corrected chi connectivity index (χ2v) is 3.48. The monoisotopic (exact) mass is 255 g/mol. The Kier molecular flexibility index (Phi) is 3.23. The van der Waals surface area contributed by atoms with Gasteiger partial charge in [-0.15, -0.1) is 13.2 Å². The first-order chi connectivity index (χ1) is 8.46. The molecular weight excluding hydrogens is 248 g/mol. The first kappa shape index (κ1) is 12.4. The van der Waals surface area contributed by atoms with Gasteiger partial charge in [-0.25, -0.2) is 4.39 Å². The molecule has 0 fully saturated rings. The smallest absolute Gasteiger partial charge is 0.405 e. The van der Waals surface area contributed by atoms with Crippen LogP contribution in [0.15, 0.2) is 42.5 Å². The molecule has 0 saturated carbocycles. The molecule has 0 N–H and O–H groups in total. The Morgan fingerprint density at radius 3 is 2.28 bits per heavy atom. The Hall–Kier alpha value is -2.04. The van der Waals surface area contributed by atoms with Crippen molar-refractivity contribution in [1.29, 1.82) is 0 Å². The van der Waals surface area contributed by atoms with E-state index in [4.69, 9.17) is 0 Å². The molecule has 0 aliphatic heterocycles. The van der Waals surface area contributed by atoms with Gasteiger partial charge in [-0.05, 0) is 29.8 Å². The summed E-state index contributed by atoms with van der Waals surface area (Å²) in [6.45, 7) is 0. The Morgan fingerprint density at radius 1 is 1.00 bits per heavy atom. The zero-order valence-corrected chi connectivity index (χ0v) is 8.96. The zero-order valence-electron chi connectivity index (χ0n) is 8.96. The summed E-state index contributed by atoms with van der Waals surface area (Å²) in [6, 6.07) is 11.6. The van der Waals surface area contributed by atoms with Crippen LogP contribution >= 0.6 is 0 Å². The molecule has 0 aromatic heterocycles. The summed E-state index contributed by atoms with van der Waals surface area (Å²) in [6.07, 6.45) is -4.77. The minimum atomic E-state index is -4.77. The van der Waals surface area contributed by atoms with Gasteiger partial charge < -0.3 is 4.74 Å². The molecule has 18 heavy (non-hydrogen) atoms. The maximum Gasteiger partial charge on any atom is 0.573 e. The van der Waals surface area contributed by atoms with E-state index in [0.29, 0.717) is 5.56 Å². The molecule has 0 aliphatic carbocycles. The van der Waals surface area contributed by atoms with Gasteiger partial charge in [-0.3, -0.25) is 0 Å². The van der Waals surface area contributed by atoms with Gasteiger partial charge in [-0.1, -0.05) is 24.3 Å². The number of hydrogen-bond donors (Lipinski definition) is 0. The fraction of sp³-hybridized carbons (Fsp3) is 0.0769. The minimum Gasteiger partial charge on any atom is -0.405 e. The molecule has 0 atom stereocenters. The van der Waals surface area contributed by atoms with Crippen molar-refractivity contribution in [3.63, 3.8) is 0 Å². The molecule has 0 heterocycles. The van der Waals surface area contributed by atoms with Gasteiger partial charge in [0.2, 0.25) is 0 Å². The molecule has 0 amide bonds. The molecule has 2 rings (SSSR count). The largest absolute Gasteiger partial charge is 0.573 e. The lowest BCUT2D eigenvalue weighted by molar-refractivity contribution is -0.274. The van der Waals surface area contributed by atoms with E-state index in [1.807, 2.05) is 0 Å².